The van der Waals surface area contributed by atoms with Gasteiger partial charge >= 0.3 is 13.3 Å². The molecular weight excluding hydrogens is 928 g/mol. The molecule has 1 aromatic heterocycles. The van der Waals surface area contributed by atoms with Crippen molar-refractivity contribution in [3.63, 3.8) is 0 Å². The zero-order valence-electron chi connectivity index (χ0n) is 38.1. The number of H-pyrrole nitrogens is 1. The number of carbonyl (C=O) groups excluding carboxylic acids is 4. The summed E-state index contributed by atoms with van der Waals surface area (Å²) in [6.45, 7) is 4.95. The number of amides is 4. The summed E-state index contributed by atoms with van der Waals surface area (Å²) in [7, 11) is -5.23. The number of pyridine rings is 1. The number of halogens is 2. The predicted molar refractivity (Wildman–Crippen MR) is 260 cm³/mol. The van der Waals surface area contributed by atoms with Gasteiger partial charge in [0, 0.05) is 79.0 Å². The summed E-state index contributed by atoms with van der Waals surface area (Å²) in [6.07, 6.45) is 7.62. The monoisotopic (exact) mass is 989 g/mol. The van der Waals surface area contributed by atoms with E-state index in [-0.39, 0.29) is 74.0 Å². The van der Waals surface area contributed by atoms with E-state index >= 15 is 8.78 Å². The van der Waals surface area contributed by atoms with Gasteiger partial charge in [-0.05, 0) is 105 Å². The molecule has 4 amide bonds. The van der Waals surface area contributed by atoms with Gasteiger partial charge in [0.05, 0.1) is 23.3 Å². The summed E-state index contributed by atoms with van der Waals surface area (Å²) in [6, 6.07) is 9.11. The standard InChI is InChI=1S/C47H62F2N5O10PS2/c1-4-6-41(57)66-22-20-63-65(62,64-21-23-67-42(58)7-5-2)47(48,49)36-11-10-31-8-9-33(24-34(31)25-36)43(59)51-38-29-52(30(3)55)19-15-37-12-13-39(54(37)44(38)60)45(61)53-28-35(27-46(53)16-17-46)32-14-18-50-40(56)26-32/h8-11,14,18,24-26,35,37-39,57-58,66-67H,4-7,12-13,15-17,19-23,27-29H2,1-3H3,(H,50,56)(H,51,59)/t35?,37-,38+,39+/m1/s1. The van der Waals surface area contributed by atoms with Crippen LogP contribution in [0.4, 0.5) is 8.78 Å². The van der Waals surface area contributed by atoms with Crippen molar-refractivity contribution in [3.8, 4) is 0 Å². The van der Waals surface area contributed by atoms with Gasteiger partial charge < -0.3 is 44.3 Å². The number of benzene rings is 2. The third kappa shape index (κ3) is 11.5. The molecule has 1 aliphatic carbocycles. The number of thiol groups is 2. The molecule has 366 valence electrons. The van der Waals surface area contributed by atoms with Crippen LogP contribution in [0.1, 0.15) is 112 Å². The van der Waals surface area contributed by atoms with E-state index in [1.165, 1.54) is 30.0 Å². The minimum atomic E-state index is -5.23. The fraction of sp³-hybridized carbons (Fsp3) is 0.553. The summed E-state index contributed by atoms with van der Waals surface area (Å²) in [5.74, 6) is -1.49. The van der Waals surface area contributed by atoms with Gasteiger partial charge in [0.1, 0.15) is 12.1 Å². The van der Waals surface area contributed by atoms with Crippen molar-refractivity contribution in [2.24, 2.45) is 0 Å². The van der Waals surface area contributed by atoms with Gasteiger partial charge in [0.15, 0.2) is 0 Å². The van der Waals surface area contributed by atoms with Crippen LogP contribution in [0, 0.1) is 0 Å². The van der Waals surface area contributed by atoms with Gasteiger partial charge in [-0.3, -0.25) is 28.5 Å². The maximum Gasteiger partial charge on any atom is 0.404 e. The first-order valence-corrected chi connectivity index (χ1v) is 26.8. The number of aromatic nitrogens is 1. The van der Waals surface area contributed by atoms with Crippen molar-refractivity contribution in [1.29, 1.82) is 0 Å². The van der Waals surface area contributed by atoms with Crippen LogP contribution >= 0.6 is 30.3 Å². The lowest BCUT2D eigenvalue weighted by Gasteiger charge is -2.40. The Morgan fingerprint density at radius 3 is 2.21 bits per heavy atom. The van der Waals surface area contributed by atoms with Crippen molar-refractivity contribution < 1.29 is 51.8 Å². The predicted octanol–water partition coefficient (Wildman–Crippen LogP) is 6.97. The molecule has 3 aliphatic heterocycles. The zero-order chi connectivity index (χ0) is 48.1. The number of likely N-dealkylation sites (tertiary alicyclic amines) is 1. The Hall–Kier alpha value is -4.10. The van der Waals surface area contributed by atoms with Crippen molar-refractivity contribution in [1.82, 2.24) is 25.0 Å². The van der Waals surface area contributed by atoms with E-state index in [4.69, 9.17) is 9.05 Å². The molecule has 2 aromatic carbocycles. The topological polar surface area (TPSA) is 199 Å². The first kappa shape index (κ1) is 50.8. The van der Waals surface area contributed by atoms with Crippen LogP contribution in [0.25, 0.3) is 10.8 Å². The fourth-order valence-corrected chi connectivity index (χ4v) is 13.0. The Morgan fingerprint density at radius 1 is 0.910 bits per heavy atom. The number of carbonyl (C=O) groups is 4. The smallest absolute Gasteiger partial charge is 0.360 e. The van der Waals surface area contributed by atoms with E-state index in [9.17, 15) is 38.8 Å². The Morgan fingerprint density at radius 2 is 1.58 bits per heavy atom. The van der Waals surface area contributed by atoms with Crippen molar-refractivity contribution in [3.05, 3.63) is 81.8 Å². The molecule has 3 saturated heterocycles. The second-order valence-electron chi connectivity index (χ2n) is 17.9. The van der Waals surface area contributed by atoms with Crippen LogP contribution in [0.2, 0.25) is 0 Å². The molecule has 1 spiro atoms. The van der Waals surface area contributed by atoms with E-state index in [0.29, 0.717) is 86.1 Å². The number of fused-ring (bicyclic) bond motifs is 2. The SMILES string of the molecule is CCCC(O)=[SH]CCOP(=O)(OCC[SH]=C(O)CCC)C(F)(F)c1ccc2ccc(C(=O)N[C@H]3CN(C(C)=O)CC[C@H]4CC[C@@H](C(=O)N5CC(c6cc[nH]c(=O)c6)CC56CC6)N4C3=O)cc2c1. The molecule has 1 saturated carbocycles. The van der Waals surface area contributed by atoms with Crippen molar-refractivity contribution >= 4 is 74.8 Å². The lowest BCUT2D eigenvalue weighted by molar-refractivity contribution is -0.149. The molecule has 4 fully saturated rings. The van der Waals surface area contributed by atoms with Crippen LogP contribution in [0.3, 0.4) is 0 Å². The van der Waals surface area contributed by atoms with E-state index in [0.717, 1.165) is 37.0 Å². The van der Waals surface area contributed by atoms with Crippen molar-refractivity contribution in [2.45, 2.75) is 120 Å². The van der Waals surface area contributed by atoms with E-state index in [1.807, 2.05) is 24.8 Å². The van der Waals surface area contributed by atoms with Crippen LogP contribution < -0.4 is 10.9 Å². The van der Waals surface area contributed by atoms with Gasteiger partial charge in [0.2, 0.25) is 23.3 Å². The largest absolute Gasteiger partial charge is 0.404 e. The summed E-state index contributed by atoms with van der Waals surface area (Å²) in [4.78, 5) is 76.1. The Balaban J connectivity index is 1.11. The van der Waals surface area contributed by atoms with Gasteiger partial charge in [-0.15, -0.1) is 0 Å². The molecule has 67 heavy (non-hydrogen) atoms. The summed E-state index contributed by atoms with van der Waals surface area (Å²) >= 11 is 0.902. The van der Waals surface area contributed by atoms with Gasteiger partial charge in [-0.1, -0.05) is 32.0 Å². The zero-order valence-corrected chi connectivity index (χ0v) is 40.8. The molecule has 3 aromatic rings. The van der Waals surface area contributed by atoms with E-state index in [1.54, 1.807) is 23.2 Å². The molecule has 15 nitrogen and oxygen atoms in total. The third-order valence-electron chi connectivity index (χ3n) is 13.2. The number of nitrogens with one attached hydrogen (secondary N) is 2. The Labute approximate surface area is 396 Å². The highest BCUT2D eigenvalue weighted by atomic mass is 32.1. The summed E-state index contributed by atoms with van der Waals surface area (Å²) < 4.78 is 58.0. The lowest BCUT2D eigenvalue weighted by Crippen LogP contribution is -2.61. The molecule has 0 radical (unpaired) electrons. The fourth-order valence-electron chi connectivity index (χ4n) is 9.57. The van der Waals surface area contributed by atoms with Crippen molar-refractivity contribution in [2.75, 3.05) is 44.4 Å². The maximum absolute atomic E-state index is 16.6. The molecular formula is C47H62F2N5O10PS2. The van der Waals surface area contributed by atoms with Crippen LogP contribution in [-0.4, -0.2) is 132 Å². The average molecular weight is 990 g/mol. The van der Waals surface area contributed by atoms with Gasteiger partial charge in [0.25, 0.3) is 5.91 Å². The number of aromatic amines is 1. The second-order valence-corrected chi connectivity index (χ2v) is 22.5. The Bertz CT molecular complexity index is 2490. The highest BCUT2D eigenvalue weighted by Crippen LogP contribution is 2.67. The molecule has 1 unspecified atom stereocenters. The quantitative estimate of drug-likeness (QED) is 0.0335. The lowest BCUT2D eigenvalue weighted by atomic mass is 9.96. The van der Waals surface area contributed by atoms with Gasteiger partial charge in [-0.2, -0.15) is 31.5 Å². The number of aliphatic hydroxyl groups is 2. The molecule has 4 atom stereocenters. The number of aliphatic hydroxyl groups excluding tert-OH is 2. The third-order valence-corrected chi connectivity index (χ3v) is 17.2. The maximum atomic E-state index is 16.6. The summed E-state index contributed by atoms with van der Waals surface area (Å²) in [5, 5.41) is 23.9. The second kappa shape index (κ2) is 21.7. The first-order valence-electron chi connectivity index (χ1n) is 23.1. The van der Waals surface area contributed by atoms with Crippen LogP contribution in [0.15, 0.2) is 59.5 Å². The molecule has 4 N–H and O–H groups in total. The van der Waals surface area contributed by atoms with Crippen LogP contribution in [-0.2, 0) is 33.7 Å². The number of rotatable bonds is 18. The van der Waals surface area contributed by atoms with E-state index in [2.05, 4.69) is 10.3 Å². The molecule has 20 heteroatoms. The highest BCUT2D eigenvalue weighted by Gasteiger charge is 2.59. The first-order chi connectivity index (χ1) is 32.0. The van der Waals surface area contributed by atoms with Gasteiger partial charge in [-0.25, -0.2) is 0 Å². The number of hydrogen-bond acceptors (Lipinski definition) is 8. The minimum absolute atomic E-state index is 0.0274. The molecule has 0 bridgehead atoms. The molecule has 4 heterocycles. The number of nitrogens with zero attached hydrogens (tertiary/aromatic N) is 3. The number of hydrogen-bond donors (Lipinski definition) is 6. The average Bonchev–Trinajstić information content (AvgIpc) is 3.79. The summed E-state index contributed by atoms with van der Waals surface area (Å²) in [5.41, 5.74) is -4.50. The highest BCUT2D eigenvalue weighted by molar-refractivity contribution is 7.98. The number of alkyl halides is 2. The Kier molecular flexibility index (Phi) is 16.4. The van der Waals surface area contributed by atoms with Crippen LogP contribution in [0.5, 0.6) is 0 Å². The normalized spacial score (nSPS) is 23.2. The molecule has 7 rings (SSSR count). The van der Waals surface area contributed by atoms with E-state index < -0.39 is 55.9 Å². The molecule has 4 aliphatic rings. The minimum Gasteiger partial charge on any atom is -0.360 e.